The summed E-state index contributed by atoms with van der Waals surface area (Å²) < 4.78 is 2.18. The molecule has 0 bridgehead atoms. The van der Waals surface area contributed by atoms with Gasteiger partial charge in [0, 0.05) is 42.2 Å². The van der Waals surface area contributed by atoms with Gasteiger partial charge in [0.1, 0.15) is 0 Å². The van der Waals surface area contributed by atoms with Gasteiger partial charge in [0.05, 0.1) is 0 Å². The molecule has 0 spiro atoms. The van der Waals surface area contributed by atoms with Crippen LogP contribution < -0.4 is 10.8 Å². The maximum absolute atomic E-state index is 12.1. The summed E-state index contributed by atoms with van der Waals surface area (Å²) in [6, 6.07) is 15.4. The van der Waals surface area contributed by atoms with Crippen molar-refractivity contribution < 1.29 is 14.8 Å². The Kier molecular flexibility index (Phi) is 6.57. The molecule has 0 aliphatic rings. The highest BCUT2D eigenvalue weighted by Gasteiger charge is 2.16. The first kappa shape index (κ1) is 21.6. The molecule has 1 heterocycles. The maximum atomic E-state index is 12.1. The van der Waals surface area contributed by atoms with Gasteiger partial charge in [-0.3, -0.25) is 14.8 Å². The lowest BCUT2D eigenvalue weighted by Gasteiger charge is -2.17. The van der Waals surface area contributed by atoms with E-state index in [1.54, 1.807) is 17.6 Å². The third-order valence-corrected chi connectivity index (χ3v) is 4.95. The monoisotopic (exact) mass is 407 g/mol. The molecule has 1 aromatic heterocycles. The van der Waals surface area contributed by atoms with E-state index in [1.807, 2.05) is 24.3 Å². The molecule has 3 aromatic rings. The predicted molar refractivity (Wildman–Crippen MR) is 118 cm³/mol. The normalized spacial score (nSPS) is 11.5. The smallest absolute Gasteiger partial charge is 0.274 e. The third kappa shape index (κ3) is 5.48. The molecule has 0 saturated carbocycles. The average molecular weight is 408 g/mol. The van der Waals surface area contributed by atoms with E-state index in [0.717, 1.165) is 17.5 Å². The standard InChI is InChI=1S/C24H29N3O3/c1-24(2,3)14-22(28)25-13-12-19-16-27(21-7-5-4-6-20(19)21)15-17-8-10-18(11-9-17)23(29)26-30/h4-11,16,30H,12-15H2,1-3H3,(H,25,28)(H,26,29). The molecular weight excluding hydrogens is 378 g/mol. The van der Waals surface area contributed by atoms with Crippen molar-refractivity contribution in [2.75, 3.05) is 6.54 Å². The van der Waals surface area contributed by atoms with E-state index in [4.69, 9.17) is 5.21 Å². The fraction of sp³-hybridized carbons (Fsp3) is 0.333. The van der Waals surface area contributed by atoms with Crippen LogP contribution in [0.4, 0.5) is 0 Å². The van der Waals surface area contributed by atoms with Crippen molar-refractivity contribution in [3.05, 3.63) is 71.4 Å². The van der Waals surface area contributed by atoms with E-state index in [2.05, 4.69) is 49.0 Å². The Morgan fingerprint density at radius 2 is 1.73 bits per heavy atom. The van der Waals surface area contributed by atoms with Crippen molar-refractivity contribution in [3.8, 4) is 0 Å². The number of amides is 2. The number of carbonyl (C=O) groups is 2. The minimum absolute atomic E-state index is 0.0203. The number of benzene rings is 2. The molecule has 6 nitrogen and oxygen atoms in total. The predicted octanol–water partition coefficient (Wildman–Crippen LogP) is 3.90. The topological polar surface area (TPSA) is 83.4 Å². The van der Waals surface area contributed by atoms with Crippen LogP contribution in [0.2, 0.25) is 0 Å². The molecule has 0 unspecified atom stereocenters. The Hall–Kier alpha value is -3.12. The van der Waals surface area contributed by atoms with Crippen LogP contribution in [0.5, 0.6) is 0 Å². The Labute approximate surface area is 176 Å². The number of aromatic nitrogens is 1. The van der Waals surface area contributed by atoms with Crippen molar-refractivity contribution in [2.45, 2.75) is 40.2 Å². The van der Waals surface area contributed by atoms with Gasteiger partial charge in [0.15, 0.2) is 0 Å². The number of hydrogen-bond donors (Lipinski definition) is 3. The Morgan fingerprint density at radius 1 is 1.03 bits per heavy atom. The van der Waals surface area contributed by atoms with Crippen LogP contribution in [0.25, 0.3) is 10.9 Å². The quantitative estimate of drug-likeness (QED) is 0.410. The van der Waals surface area contributed by atoms with Gasteiger partial charge in [-0.1, -0.05) is 51.1 Å². The molecule has 158 valence electrons. The molecule has 30 heavy (non-hydrogen) atoms. The molecular formula is C24H29N3O3. The van der Waals surface area contributed by atoms with E-state index in [1.165, 1.54) is 10.9 Å². The number of nitrogens with one attached hydrogen (secondary N) is 2. The van der Waals surface area contributed by atoms with Crippen molar-refractivity contribution in [3.63, 3.8) is 0 Å². The molecule has 3 N–H and O–H groups in total. The summed E-state index contributed by atoms with van der Waals surface area (Å²) in [4.78, 5) is 23.6. The highest BCUT2D eigenvalue weighted by molar-refractivity contribution is 5.93. The van der Waals surface area contributed by atoms with Crippen LogP contribution >= 0.6 is 0 Å². The third-order valence-electron chi connectivity index (χ3n) is 4.95. The molecule has 6 heteroatoms. The summed E-state index contributed by atoms with van der Waals surface area (Å²) in [7, 11) is 0. The molecule has 0 atom stereocenters. The fourth-order valence-electron chi connectivity index (χ4n) is 3.56. The van der Waals surface area contributed by atoms with Crippen LogP contribution in [0, 0.1) is 5.41 Å². The van der Waals surface area contributed by atoms with Crippen LogP contribution in [-0.2, 0) is 17.8 Å². The van der Waals surface area contributed by atoms with E-state index in [0.29, 0.717) is 25.1 Å². The molecule has 0 aliphatic heterocycles. The Morgan fingerprint density at radius 3 is 2.40 bits per heavy atom. The SMILES string of the molecule is CC(C)(C)CC(=O)NCCc1cn(Cc2ccc(C(=O)NO)cc2)c2ccccc12. The minimum atomic E-state index is -0.524. The first-order chi connectivity index (χ1) is 14.3. The maximum Gasteiger partial charge on any atom is 0.274 e. The van der Waals surface area contributed by atoms with E-state index in [-0.39, 0.29) is 11.3 Å². The lowest BCUT2D eigenvalue weighted by atomic mass is 9.92. The number of hydrogen-bond acceptors (Lipinski definition) is 3. The summed E-state index contributed by atoms with van der Waals surface area (Å²) in [6.45, 7) is 7.45. The number of nitrogens with zero attached hydrogens (tertiary/aromatic N) is 1. The van der Waals surface area contributed by atoms with Gasteiger partial charge in [-0.05, 0) is 41.2 Å². The number of fused-ring (bicyclic) bond motifs is 1. The number of hydroxylamine groups is 1. The molecule has 0 aliphatic carbocycles. The summed E-state index contributed by atoms with van der Waals surface area (Å²) in [5.41, 5.74) is 5.40. The second kappa shape index (κ2) is 9.13. The van der Waals surface area contributed by atoms with Gasteiger partial charge in [-0.25, -0.2) is 5.48 Å². The van der Waals surface area contributed by atoms with E-state index < -0.39 is 5.91 Å². The molecule has 0 saturated heterocycles. The number of carbonyl (C=O) groups excluding carboxylic acids is 2. The van der Waals surface area contributed by atoms with Crippen LogP contribution in [0.15, 0.2) is 54.7 Å². The van der Waals surface area contributed by atoms with Crippen LogP contribution in [0.3, 0.4) is 0 Å². The van der Waals surface area contributed by atoms with Crippen molar-refractivity contribution in [1.29, 1.82) is 0 Å². The van der Waals surface area contributed by atoms with Gasteiger partial charge in [-0.2, -0.15) is 0 Å². The van der Waals surface area contributed by atoms with Crippen molar-refractivity contribution in [1.82, 2.24) is 15.4 Å². The van der Waals surface area contributed by atoms with E-state index >= 15 is 0 Å². The molecule has 2 amide bonds. The zero-order valence-electron chi connectivity index (χ0n) is 17.7. The number of para-hydroxylation sites is 1. The zero-order valence-corrected chi connectivity index (χ0v) is 17.7. The molecule has 2 aromatic carbocycles. The first-order valence-electron chi connectivity index (χ1n) is 10.1. The van der Waals surface area contributed by atoms with Crippen molar-refractivity contribution in [2.24, 2.45) is 5.41 Å². The summed E-state index contributed by atoms with van der Waals surface area (Å²) in [6.07, 6.45) is 3.41. The highest BCUT2D eigenvalue weighted by Crippen LogP contribution is 2.23. The summed E-state index contributed by atoms with van der Waals surface area (Å²) >= 11 is 0. The average Bonchev–Trinajstić information content (AvgIpc) is 3.04. The lowest BCUT2D eigenvalue weighted by molar-refractivity contribution is -0.122. The Balaban J connectivity index is 1.72. The first-order valence-corrected chi connectivity index (χ1v) is 10.1. The zero-order chi connectivity index (χ0) is 21.7. The lowest BCUT2D eigenvalue weighted by Crippen LogP contribution is -2.29. The minimum Gasteiger partial charge on any atom is -0.356 e. The van der Waals surface area contributed by atoms with Gasteiger partial charge < -0.3 is 9.88 Å². The molecule has 3 rings (SSSR count). The van der Waals surface area contributed by atoms with Gasteiger partial charge in [-0.15, -0.1) is 0 Å². The van der Waals surface area contributed by atoms with Gasteiger partial charge in [0.2, 0.25) is 5.91 Å². The summed E-state index contributed by atoms with van der Waals surface area (Å²) in [5, 5.41) is 13.0. The van der Waals surface area contributed by atoms with Crippen LogP contribution in [-0.4, -0.2) is 28.1 Å². The highest BCUT2D eigenvalue weighted by atomic mass is 16.5. The summed E-state index contributed by atoms with van der Waals surface area (Å²) in [5.74, 6) is -0.443. The fourth-order valence-corrected chi connectivity index (χ4v) is 3.56. The molecule has 0 radical (unpaired) electrons. The second-order valence-corrected chi connectivity index (χ2v) is 8.77. The van der Waals surface area contributed by atoms with Crippen LogP contribution in [0.1, 0.15) is 48.7 Å². The Bertz CT molecular complexity index is 1030. The number of rotatable bonds is 7. The second-order valence-electron chi connectivity index (χ2n) is 8.77. The van der Waals surface area contributed by atoms with Gasteiger partial charge >= 0.3 is 0 Å². The van der Waals surface area contributed by atoms with Gasteiger partial charge in [0.25, 0.3) is 5.91 Å². The largest absolute Gasteiger partial charge is 0.356 e. The van der Waals surface area contributed by atoms with Crippen molar-refractivity contribution >= 4 is 22.7 Å². The molecule has 0 fully saturated rings. The van der Waals surface area contributed by atoms with E-state index in [9.17, 15) is 9.59 Å².